The molecule has 1 saturated carbocycles. The number of ether oxygens (including phenoxy) is 1. The van der Waals surface area contributed by atoms with Crippen molar-refractivity contribution in [2.24, 2.45) is 17.8 Å². The standard InChI is InChI=1S/C18H28BNO5/c1-20(15-5-7-16(25-2)8-6-15)12-14-4-3-13(9-10-19(23)24)11-17(14)18(21)22/h5-8,13-14,17,23-24H,3-4,9-12H2,1-2H3,(H,21,22)/t13?,14-,17-/m0/s1. The van der Waals surface area contributed by atoms with Gasteiger partial charge in [0.25, 0.3) is 0 Å². The molecule has 1 unspecified atom stereocenters. The molecule has 3 N–H and O–H groups in total. The Bertz CT molecular complexity index is 551. The van der Waals surface area contributed by atoms with Crippen LogP contribution >= 0.6 is 0 Å². The third-order valence-corrected chi connectivity index (χ3v) is 5.27. The lowest BCUT2D eigenvalue weighted by atomic mass is 9.70. The number of benzene rings is 1. The molecule has 3 atom stereocenters. The van der Waals surface area contributed by atoms with Crippen molar-refractivity contribution in [1.29, 1.82) is 0 Å². The van der Waals surface area contributed by atoms with Crippen molar-refractivity contribution in [1.82, 2.24) is 0 Å². The van der Waals surface area contributed by atoms with Gasteiger partial charge in [-0.05, 0) is 55.3 Å². The van der Waals surface area contributed by atoms with E-state index in [-0.39, 0.29) is 17.8 Å². The summed E-state index contributed by atoms with van der Waals surface area (Å²) in [5.74, 6) is 0.0233. The lowest BCUT2D eigenvalue weighted by molar-refractivity contribution is -0.145. The second-order valence-corrected chi connectivity index (χ2v) is 7.02. The van der Waals surface area contributed by atoms with Gasteiger partial charge in [0, 0.05) is 19.3 Å². The molecule has 1 fully saturated rings. The molecule has 1 aliphatic carbocycles. The molecule has 0 bridgehead atoms. The van der Waals surface area contributed by atoms with Crippen molar-refractivity contribution >= 4 is 18.8 Å². The fourth-order valence-corrected chi connectivity index (χ4v) is 3.78. The predicted octanol–water partition coefficient (Wildman–Crippen LogP) is 2.11. The van der Waals surface area contributed by atoms with Crippen LogP contribution < -0.4 is 9.64 Å². The average molecular weight is 349 g/mol. The number of hydrogen-bond donors (Lipinski definition) is 3. The number of carboxylic acid groups (broad SMARTS) is 1. The van der Waals surface area contributed by atoms with Crippen molar-refractivity contribution in [2.45, 2.75) is 32.0 Å². The highest BCUT2D eigenvalue weighted by Crippen LogP contribution is 2.37. The Morgan fingerprint density at radius 3 is 2.52 bits per heavy atom. The Labute approximate surface area is 149 Å². The first-order valence-electron chi connectivity index (χ1n) is 8.84. The van der Waals surface area contributed by atoms with Gasteiger partial charge in [0.1, 0.15) is 5.75 Å². The Kier molecular flexibility index (Phi) is 7.14. The van der Waals surface area contributed by atoms with Crippen LogP contribution in [0.15, 0.2) is 24.3 Å². The van der Waals surface area contributed by atoms with Gasteiger partial charge in [-0.2, -0.15) is 0 Å². The number of aliphatic carboxylic acids is 1. The highest BCUT2D eigenvalue weighted by molar-refractivity contribution is 6.40. The van der Waals surface area contributed by atoms with Gasteiger partial charge in [-0.3, -0.25) is 4.79 Å². The number of methoxy groups -OCH3 is 1. The third kappa shape index (κ3) is 5.65. The van der Waals surface area contributed by atoms with Crippen molar-refractivity contribution in [3.8, 4) is 5.75 Å². The molecule has 0 amide bonds. The Balaban J connectivity index is 1.96. The molecule has 0 aliphatic heterocycles. The molecule has 0 radical (unpaired) electrons. The van der Waals surface area contributed by atoms with Crippen LogP contribution in [0.2, 0.25) is 6.32 Å². The van der Waals surface area contributed by atoms with E-state index >= 15 is 0 Å². The molecule has 25 heavy (non-hydrogen) atoms. The molecule has 0 aromatic heterocycles. The van der Waals surface area contributed by atoms with E-state index in [0.29, 0.717) is 25.7 Å². The summed E-state index contributed by atoms with van der Waals surface area (Å²) in [6, 6.07) is 7.75. The molecular weight excluding hydrogens is 321 g/mol. The summed E-state index contributed by atoms with van der Waals surface area (Å²) in [4.78, 5) is 13.8. The zero-order valence-electron chi connectivity index (χ0n) is 15.0. The van der Waals surface area contributed by atoms with Gasteiger partial charge in [-0.1, -0.05) is 12.8 Å². The summed E-state index contributed by atoms with van der Waals surface area (Å²) in [5, 5.41) is 27.7. The minimum absolute atomic E-state index is 0.0971. The summed E-state index contributed by atoms with van der Waals surface area (Å²) in [6.07, 6.45) is 3.39. The van der Waals surface area contributed by atoms with Crippen molar-refractivity contribution < 1.29 is 24.7 Å². The summed E-state index contributed by atoms with van der Waals surface area (Å²) < 4.78 is 5.17. The van der Waals surface area contributed by atoms with Crippen molar-refractivity contribution in [3.63, 3.8) is 0 Å². The minimum atomic E-state index is -1.30. The molecular formula is C18H28BNO5. The molecule has 1 aliphatic rings. The van der Waals surface area contributed by atoms with Crippen LogP contribution in [0.25, 0.3) is 0 Å². The van der Waals surface area contributed by atoms with Crippen molar-refractivity contribution in [3.05, 3.63) is 24.3 Å². The van der Waals surface area contributed by atoms with Gasteiger partial charge < -0.3 is 24.8 Å². The minimum Gasteiger partial charge on any atom is -0.497 e. The van der Waals surface area contributed by atoms with Gasteiger partial charge >= 0.3 is 13.1 Å². The van der Waals surface area contributed by atoms with Crippen LogP contribution in [-0.4, -0.2) is 48.9 Å². The fraction of sp³-hybridized carbons (Fsp3) is 0.611. The molecule has 0 spiro atoms. The molecule has 138 valence electrons. The monoisotopic (exact) mass is 349 g/mol. The Morgan fingerprint density at radius 2 is 1.96 bits per heavy atom. The SMILES string of the molecule is COc1ccc(N(C)C[C@@H]2CCC(CCB(O)O)C[C@@H]2C(=O)O)cc1. The zero-order valence-corrected chi connectivity index (χ0v) is 15.0. The number of rotatable bonds is 8. The van der Waals surface area contributed by atoms with E-state index in [1.54, 1.807) is 7.11 Å². The average Bonchev–Trinajstić information content (AvgIpc) is 2.60. The van der Waals surface area contributed by atoms with Gasteiger partial charge in [0.15, 0.2) is 0 Å². The Morgan fingerprint density at radius 1 is 1.28 bits per heavy atom. The molecule has 7 heteroatoms. The summed E-state index contributed by atoms with van der Waals surface area (Å²) >= 11 is 0. The van der Waals surface area contributed by atoms with E-state index in [4.69, 9.17) is 14.8 Å². The number of hydrogen-bond acceptors (Lipinski definition) is 5. The molecule has 2 rings (SSSR count). The maximum atomic E-state index is 11.7. The normalized spacial score (nSPS) is 23.1. The second-order valence-electron chi connectivity index (χ2n) is 7.02. The van der Waals surface area contributed by atoms with E-state index in [9.17, 15) is 9.90 Å². The van der Waals surface area contributed by atoms with Gasteiger partial charge in [0.05, 0.1) is 13.0 Å². The van der Waals surface area contributed by atoms with Crippen LogP contribution in [0.4, 0.5) is 5.69 Å². The predicted molar refractivity (Wildman–Crippen MR) is 97.8 cm³/mol. The summed E-state index contributed by atoms with van der Waals surface area (Å²) in [5.41, 5.74) is 1.04. The maximum absolute atomic E-state index is 11.7. The van der Waals surface area contributed by atoms with Crippen LogP contribution in [-0.2, 0) is 4.79 Å². The fourth-order valence-electron chi connectivity index (χ4n) is 3.78. The third-order valence-electron chi connectivity index (χ3n) is 5.27. The quantitative estimate of drug-likeness (QED) is 0.623. The van der Waals surface area contributed by atoms with Crippen LogP contribution in [0.3, 0.4) is 0 Å². The van der Waals surface area contributed by atoms with E-state index in [1.807, 2.05) is 31.3 Å². The topological polar surface area (TPSA) is 90.2 Å². The smallest absolute Gasteiger partial charge is 0.451 e. The number of anilines is 1. The number of carboxylic acids is 1. The van der Waals surface area contributed by atoms with E-state index in [0.717, 1.165) is 24.3 Å². The first-order valence-corrected chi connectivity index (χ1v) is 8.84. The molecule has 0 saturated heterocycles. The number of nitrogens with zero attached hydrogens (tertiary/aromatic N) is 1. The highest BCUT2D eigenvalue weighted by atomic mass is 16.5. The lowest BCUT2D eigenvalue weighted by Crippen LogP contribution is -2.38. The number of carbonyl (C=O) groups is 1. The van der Waals surface area contributed by atoms with E-state index in [2.05, 4.69) is 4.90 Å². The molecule has 0 heterocycles. The van der Waals surface area contributed by atoms with Crippen LogP contribution in [0.1, 0.15) is 25.7 Å². The second kappa shape index (κ2) is 9.11. The van der Waals surface area contributed by atoms with Gasteiger partial charge in [-0.15, -0.1) is 0 Å². The molecule has 1 aromatic carbocycles. The van der Waals surface area contributed by atoms with E-state index < -0.39 is 13.1 Å². The summed E-state index contributed by atoms with van der Waals surface area (Å²) in [6.45, 7) is 0.693. The first kappa shape index (κ1) is 19.6. The zero-order chi connectivity index (χ0) is 18.4. The van der Waals surface area contributed by atoms with Crippen LogP contribution in [0, 0.1) is 17.8 Å². The maximum Gasteiger partial charge on any atom is 0.451 e. The van der Waals surface area contributed by atoms with E-state index in [1.165, 1.54) is 0 Å². The van der Waals surface area contributed by atoms with Crippen molar-refractivity contribution in [2.75, 3.05) is 25.6 Å². The van der Waals surface area contributed by atoms with Gasteiger partial charge in [0.2, 0.25) is 0 Å². The first-order chi connectivity index (χ1) is 11.9. The highest BCUT2D eigenvalue weighted by Gasteiger charge is 2.36. The lowest BCUT2D eigenvalue weighted by Gasteiger charge is -2.36. The Hall–Kier alpha value is -1.73. The summed E-state index contributed by atoms with van der Waals surface area (Å²) in [7, 11) is 2.31. The molecule has 1 aromatic rings. The molecule has 6 nitrogen and oxygen atoms in total. The van der Waals surface area contributed by atoms with Gasteiger partial charge in [-0.25, -0.2) is 0 Å². The van der Waals surface area contributed by atoms with Crippen LogP contribution in [0.5, 0.6) is 5.75 Å². The largest absolute Gasteiger partial charge is 0.497 e.